The molecule has 0 bridgehead atoms. The molecule has 0 aromatic heterocycles. The lowest BCUT2D eigenvalue weighted by atomic mass is 10.2. The molecule has 0 N–H and O–H groups in total. The number of benzene rings is 1. The number of nitrogens with zero attached hydrogens (tertiary/aromatic N) is 2. The van der Waals surface area contributed by atoms with Crippen LogP contribution in [0.15, 0.2) is 30.5 Å². The molecule has 1 aromatic carbocycles. The zero-order valence-corrected chi connectivity index (χ0v) is 9.00. The highest BCUT2D eigenvalue weighted by molar-refractivity contribution is 5.55. The number of rotatable bonds is 3. The van der Waals surface area contributed by atoms with E-state index in [0.29, 0.717) is 0 Å². The van der Waals surface area contributed by atoms with Gasteiger partial charge >= 0.3 is 0 Å². The van der Waals surface area contributed by atoms with Crippen molar-refractivity contribution < 1.29 is 4.92 Å². The van der Waals surface area contributed by atoms with Crippen LogP contribution in [-0.4, -0.2) is 18.0 Å². The van der Waals surface area contributed by atoms with Crippen LogP contribution in [0, 0.1) is 10.1 Å². The van der Waals surface area contributed by atoms with Gasteiger partial charge in [0.25, 0.3) is 0 Å². The van der Waals surface area contributed by atoms with Crippen molar-refractivity contribution >= 4 is 11.8 Å². The Labute approximate surface area is 94.3 Å². The lowest BCUT2D eigenvalue weighted by Gasteiger charge is -2.17. The lowest BCUT2D eigenvalue weighted by Crippen LogP contribution is -2.17. The van der Waals surface area contributed by atoms with Crippen LogP contribution in [0.2, 0.25) is 0 Å². The molecule has 4 heteroatoms. The summed E-state index contributed by atoms with van der Waals surface area (Å²) >= 11 is 0. The first-order valence-electron chi connectivity index (χ1n) is 5.42. The van der Waals surface area contributed by atoms with E-state index >= 15 is 0 Å². The molecular weight excluding hydrogens is 204 g/mol. The summed E-state index contributed by atoms with van der Waals surface area (Å²) in [6, 6.07) is 7.86. The van der Waals surface area contributed by atoms with Gasteiger partial charge in [-0.25, -0.2) is 0 Å². The van der Waals surface area contributed by atoms with Crippen molar-refractivity contribution in [3.63, 3.8) is 0 Å². The van der Waals surface area contributed by atoms with Gasteiger partial charge in [0.2, 0.25) is 6.20 Å². The molecule has 0 saturated carbocycles. The van der Waals surface area contributed by atoms with E-state index < -0.39 is 4.92 Å². The fourth-order valence-corrected chi connectivity index (χ4v) is 1.92. The largest absolute Gasteiger partial charge is 0.372 e. The summed E-state index contributed by atoms with van der Waals surface area (Å²) in [6.07, 6.45) is 4.98. The Morgan fingerprint density at radius 2 is 1.81 bits per heavy atom. The Morgan fingerprint density at radius 3 is 2.38 bits per heavy atom. The first-order chi connectivity index (χ1) is 7.75. The number of anilines is 1. The molecule has 16 heavy (non-hydrogen) atoms. The lowest BCUT2D eigenvalue weighted by molar-refractivity contribution is -0.400. The highest BCUT2D eigenvalue weighted by atomic mass is 16.6. The highest BCUT2D eigenvalue weighted by Crippen LogP contribution is 2.20. The maximum absolute atomic E-state index is 10.2. The SMILES string of the molecule is O=[N+]([O-])/C=C/c1ccc(N2CCCC2)cc1. The van der Waals surface area contributed by atoms with Crippen LogP contribution in [0.5, 0.6) is 0 Å². The highest BCUT2D eigenvalue weighted by Gasteiger charge is 2.11. The summed E-state index contributed by atoms with van der Waals surface area (Å²) in [5, 5.41) is 10.2. The standard InChI is InChI=1S/C12H14N2O2/c15-14(16)10-7-11-3-5-12(6-4-11)13-8-1-2-9-13/h3-7,10H,1-2,8-9H2/b10-7+. The van der Waals surface area contributed by atoms with Crippen LogP contribution in [0.25, 0.3) is 6.08 Å². The van der Waals surface area contributed by atoms with Crippen molar-refractivity contribution in [3.8, 4) is 0 Å². The third kappa shape index (κ3) is 2.59. The van der Waals surface area contributed by atoms with Gasteiger partial charge in [-0.1, -0.05) is 12.1 Å². The molecule has 1 heterocycles. The summed E-state index contributed by atoms with van der Waals surface area (Å²) in [4.78, 5) is 12.0. The zero-order chi connectivity index (χ0) is 11.4. The minimum Gasteiger partial charge on any atom is -0.372 e. The van der Waals surface area contributed by atoms with Gasteiger partial charge in [-0.05, 0) is 30.5 Å². The van der Waals surface area contributed by atoms with Crippen LogP contribution in [0.4, 0.5) is 5.69 Å². The fourth-order valence-electron chi connectivity index (χ4n) is 1.92. The van der Waals surface area contributed by atoms with Crippen molar-refractivity contribution in [1.29, 1.82) is 0 Å². The van der Waals surface area contributed by atoms with Crippen molar-refractivity contribution in [1.82, 2.24) is 0 Å². The minimum atomic E-state index is -0.450. The molecule has 1 aromatic rings. The van der Waals surface area contributed by atoms with Crippen LogP contribution >= 0.6 is 0 Å². The Kier molecular flexibility index (Phi) is 3.19. The van der Waals surface area contributed by atoms with E-state index in [1.807, 2.05) is 24.3 Å². The molecule has 0 amide bonds. The van der Waals surface area contributed by atoms with Gasteiger partial charge in [0.05, 0.1) is 4.92 Å². The fraction of sp³-hybridized carbons (Fsp3) is 0.333. The maximum Gasteiger partial charge on any atom is 0.235 e. The number of nitro groups is 1. The molecule has 2 rings (SSSR count). The average molecular weight is 218 g/mol. The third-order valence-electron chi connectivity index (χ3n) is 2.75. The van der Waals surface area contributed by atoms with Crippen molar-refractivity contribution in [2.75, 3.05) is 18.0 Å². The first kappa shape index (κ1) is 10.7. The van der Waals surface area contributed by atoms with Gasteiger partial charge in [-0.3, -0.25) is 10.1 Å². The molecule has 1 aliphatic rings. The van der Waals surface area contributed by atoms with E-state index in [4.69, 9.17) is 0 Å². The second-order valence-corrected chi connectivity index (χ2v) is 3.89. The van der Waals surface area contributed by atoms with Gasteiger partial charge < -0.3 is 4.90 Å². The molecule has 1 fully saturated rings. The Hall–Kier alpha value is -1.84. The van der Waals surface area contributed by atoms with Crippen molar-refractivity contribution in [2.45, 2.75) is 12.8 Å². The predicted octanol–water partition coefficient (Wildman–Crippen LogP) is 2.53. The quantitative estimate of drug-likeness (QED) is 0.578. The summed E-state index contributed by atoms with van der Waals surface area (Å²) in [6.45, 7) is 2.23. The second kappa shape index (κ2) is 4.79. The predicted molar refractivity (Wildman–Crippen MR) is 63.9 cm³/mol. The minimum absolute atomic E-state index is 0.450. The summed E-state index contributed by atoms with van der Waals surface area (Å²) in [7, 11) is 0. The average Bonchev–Trinajstić information content (AvgIpc) is 2.80. The smallest absolute Gasteiger partial charge is 0.235 e. The number of hydrogen-bond donors (Lipinski definition) is 0. The Morgan fingerprint density at radius 1 is 1.19 bits per heavy atom. The molecule has 1 aliphatic heterocycles. The normalized spacial score (nSPS) is 15.9. The maximum atomic E-state index is 10.2. The van der Waals surface area contributed by atoms with E-state index in [-0.39, 0.29) is 0 Å². The molecule has 0 atom stereocenters. The van der Waals surface area contributed by atoms with E-state index in [0.717, 1.165) is 24.9 Å². The third-order valence-corrected chi connectivity index (χ3v) is 2.75. The van der Waals surface area contributed by atoms with Crippen LogP contribution in [0.3, 0.4) is 0 Å². The number of hydrogen-bond acceptors (Lipinski definition) is 3. The Balaban J connectivity index is 2.06. The zero-order valence-electron chi connectivity index (χ0n) is 9.00. The summed E-state index contributed by atoms with van der Waals surface area (Å²) < 4.78 is 0. The molecule has 0 radical (unpaired) electrons. The van der Waals surface area contributed by atoms with Gasteiger partial charge in [0.15, 0.2) is 0 Å². The molecule has 0 spiro atoms. The Bertz CT molecular complexity index is 392. The van der Waals surface area contributed by atoms with Crippen molar-refractivity contribution in [3.05, 3.63) is 46.1 Å². The topological polar surface area (TPSA) is 46.4 Å². The molecular formula is C12H14N2O2. The van der Waals surface area contributed by atoms with E-state index in [2.05, 4.69) is 4.90 Å². The van der Waals surface area contributed by atoms with Gasteiger partial charge in [0.1, 0.15) is 0 Å². The molecule has 84 valence electrons. The van der Waals surface area contributed by atoms with Crippen molar-refractivity contribution in [2.24, 2.45) is 0 Å². The second-order valence-electron chi connectivity index (χ2n) is 3.89. The van der Waals surface area contributed by atoms with Crippen LogP contribution < -0.4 is 4.90 Å². The summed E-state index contributed by atoms with van der Waals surface area (Å²) in [5.74, 6) is 0. The monoisotopic (exact) mass is 218 g/mol. The molecule has 1 saturated heterocycles. The first-order valence-corrected chi connectivity index (χ1v) is 5.42. The van der Waals surface area contributed by atoms with E-state index in [9.17, 15) is 10.1 Å². The van der Waals surface area contributed by atoms with Crippen LogP contribution in [-0.2, 0) is 0 Å². The van der Waals surface area contributed by atoms with E-state index in [1.54, 1.807) is 0 Å². The molecule has 4 nitrogen and oxygen atoms in total. The summed E-state index contributed by atoms with van der Waals surface area (Å²) in [5.41, 5.74) is 2.07. The van der Waals surface area contributed by atoms with Gasteiger partial charge in [-0.2, -0.15) is 0 Å². The molecule has 0 unspecified atom stereocenters. The van der Waals surface area contributed by atoms with Crippen LogP contribution in [0.1, 0.15) is 18.4 Å². The molecule has 0 aliphatic carbocycles. The van der Waals surface area contributed by atoms with E-state index in [1.165, 1.54) is 24.6 Å². The van der Waals surface area contributed by atoms with Gasteiger partial charge in [-0.15, -0.1) is 0 Å². The van der Waals surface area contributed by atoms with Gasteiger partial charge in [0, 0.05) is 24.9 Å².